The number of nitrogens with one attached hydrogen (secondary N) is 3. The molecular formula is C23H30FN5O3Si. The lowest BCUT2D eigenvalue weighted by molar-refractivity contribution is -0.118. The van der Waals surface area contributed by atoms with E-state index in [-0.39, 0.29) is 23.7 Å². The van der Waals surface area contributed by atoms with Crippen molar-refractivity contribution < 1.29 is 18.4 Å². The van der Waals surface area contributed by atoms with Crippen LogP contribution in [0.1, 0.15) is 39.0 Å². The fourth-order valence-corrected chi connectivity index (χ4v) is 4.59. The summed E-state index contributed by atoms with van der Waals surface area (Å²) in [5.41, 5.74) is 0.999. The van der Waals surface area contributed by atoms with Crippen LogP contribution < -0.4 is 10.6 Å². The number of furan rings is 1. The molecule has 0 spiro atoms. The molecule has 3 aromatic rings. The molecule has 0 fully saturated rings. The molecule has 3 amide bonds. The van der Waals surface area contributed by atoms with Gasteiger partial charge in [0.05, 0.1) is 32.1 Å². The van der Waals surface area contributed by atoms with E-state index in [4.69, 9.17) is 4.42 Å². The molecular weight excluding hydrogens is 441 g/mol. The summed E-state index contributed by atoms with van der Waals surface area (Å²) in [5, 5.41) is 13.1. The van der Waals surface area contributed by atoms with Gasteiger partial charge in [-0.25, -0.2) is 9.18 Å². The third kappa shape index (κ3) is 3.62. The van der Waals surface area contributed by atoms with Crippen LogP contribution in [0.25, 0.3) is 11.0 Å². The molecule has 3 N–H and O–H groups in total. The van der Waals surface area contributed by atoms with Crippen molar-refractivity contribution >= 4 is 42.5 Å². The molecule has 0 aliphatic carbocycles. The number of nitrogens with zero attached hydrogens (tertiary/aromatic N) is 2. The fourth-order valence-electron chi connectivity index (χ4n) is 3.85. The van der Waals surface area contributed by atoms with Crippen molar-refractivity contribution in [3.63, 3.8) is 0 Å². The molecule has 0 atom stereocenters. The number of anilines is 2. The molecule has 0 unspecified atom stereocenters. The Kier molecular flexibility index (Phi) is 5.19. The van der Waals surface area contributed by atoms with Gasteiger partial charge in [0.2, 0.25) is 5.91 Å². The zero-order chi connectivity index (χ0) is 24.3. The van der Waals surface area contributed by atoms with Crippen LogP contribution >= 0.6 is 0 Å². The Morgan fingerprint density at radius 2 is 1.91 bits per heavy atom. The van der Waals surface area contributed by atoms with Crippen molar-refractivity contribution in [3.8, 4) is 0 Å². The van der Waals surface area contributed by atoms with Gasteiger partial charge in [0.15, 0.2) is 17.2 Å². The van der Waals surface area contributed by atoms with Crippen LogP contribution in [0.5, 0.6) is 0 Å². The molecule has 2 aromatic heterocycles. The van der Waals surface area contributed by atoms with Crippen LogP contribution in [-0.2, 0) is 16.9 Å². The molecule has 33 heavy (non-hydrogen) atoms. The number of aromatic nitrogens is 2. The zero-order valence-corrected chi connectivity index (χ0v) is 21.0. The summed E-state index contributed by atoms with van der Waals surface area (Å²) in [6, 6.07) is 4.12. The molecule has 0 radical (unpaired) electrons. The van der Waals surface area contributed by atoms with Crippen LogP contribution in [0.3, 0.4) is 0 Å². The molecule has 4 rings (SSSR count). The second-order valence-corrected chi connectivity index (χ2v) is 16.3. The highest BCUT2D eigenvalue weighted by Crippen LogP contribution is 2.43. The van der Waals surface area contributed by atoms with E-state index in [2.05, 4.69) is 40.5 Å². The largest absolute Gasteiger partial charge is 0.462 e. The number of carbonyl (C=O) groups is 2. The summed E-state index contributed by atoms with van der Waals surface area (Å²) in [6.07, 6.45) is 1.45. The maximum absolute atomic E-state index is 14.5. The van der Waals surface area contributed by atoms with Gasteiger partial charge in [0, 0.05) is 16.0 Å². The SMILES string of the molecule is CC1(C)c2[nH]nc(NC(=O)C(C)(C)[Si](C)(C)C)c2CN1C(=O)Nc1c(F)ccc2ccoc12. The van der Waals surface area contributed by atoms with Gasteiger partial charge in [0.25, 0.3) is 0 Å². The molecule has 1 aromatic carbocycles. The summed E-state index contributed by atoms with van der Waals surface area (Å²) >= 11 is 0. The highest BCUT2D eigenvalue weighted by molar-refractivity contribution is 6.82. The van der Waals surface area contributed by atoms with Gasteiger partial charge in [0.1, 0.15) is 5.69 Å². The standard InChI is InChI=1S/C23H30FN5O3Si/c1-22(2)18-14(19(28-27-18)26-20(30)23(3,4)33(5,6)7)12-29(22)21(31)25-16-15(24)9-8-13-10-11-32-17(13)16/h8-11H,12H2,1-7H3,(H,25,31)(H2,26,27,28,30). The molecule has 1 aliphatic heterocycles. The Labute approximate surface area is 192 Å². The average molecular weight is 472 g/mol. The summed E-state index contributed by atoms with van der Waals surface area (Å²) in [4.78, 5) is 27.9. The Morgan fingerprint density at radius 1 is 1.21 bits per heavy atom. The molecule has 3 heterocycles. The van der Waals surface area contributed by atoms with Crippen LogP contribution in [0, 0.1) is 5.82 Å². The molecule has 0 saturated heterocycles. The zero-order valence-electron chi connectivity index (χ0n) is 20.0. The summed E-state index contributed by atoms with van der Waals surface area (Å²) in [6.45, 7) is 14.3. The first-order chi connectivity index (χ1) is 15.2. The first-order valence-electron chi connectivity index (χ1n) is 10.9. The molecule has 8 nitrogen and oxygen atoms in total. The lowest BCUT2D eigenvalue weighted by atomic mass is 10.0. The maximum atomic E-state index is 14.5. The van der Waals surface area contributed by atoms with E-state index in [1.165, 1.54) is 12.3 Å². The number of halogens is 1. The third-order valence-corrected chi connectivity index (χ3v) is 11.2. The minimum atomic E-state index is -1.80. The quantitative estimate of drug-likeness (QED) is 0.429. The number of fused-ring (bicyclic) bond motifs is 2. The number of hydrogen-bond acceptors (Lipinski definition) is 4. The van der Waals surface area contributed by atoms with Gasteiger partial charge in [-0.15, -0.1) is 0 Å². The number of hydrogen-bond donors (Lipinski definition) is 3. The monoisotopic (exact) mass is 471 g/mol. The Hall–Kier alpha value is -3.14. The van der Waals surface area contributed by atoms with Gasteiger partial charge < -0.3 is 20.0 Å². The smallest absolute Gasteiger partial charge is 0.323 e. The van der Waals surface area contributed by atoms with Crippen molar-refractivity contribution in [2.45, 2.75) is 64.5 Å². The number of carbonyl (C=O) groups excluding carboxylic acids is 2. The van der Waals surface area contributed by atoms with E-state index in [0.29, 0.717) is 11.2 Å². The van der Waals surface area contributed by atoms with Crippen LogP contribution in [0.2, 0.25) is 24.7 Å². The highest BCUT2D eigenvalue weighted by Gasteiger charge is 2.46. The molecule has 0 bridgehead atoms. The first-order valence-corrected chi connectivity index (χ1v) is 14.4. The van der Waals surface area contributed by atoms with Crippen molar-refractivity contribution in [3.05, 3.63) is 41.5 Å². The minimum Gasteiger partial charge on any atom is -0.462 e. The number of benzene rings is 1. The summed E-state index contributed by atoms with van der Waals surface area (Å²) < 4.78 is 19.9. The number of aromatic amines is 1. The Bertz CT molecular complexity index is 1250. The van der Waals surface area contributed by atoms with Gasteiger partial charge in [-0.1, -0.05) is 33.5 Å². The van der Waals surface area contributed by atoms with Crippen LogP contribution in [0.15, 0.2) is 28.9 Å². The van der Waals surface area contributed by atoms with Crippen LogP contribution in [0.4, 0.5) is 20.7 Å². The van der Waals surface area contributed by atoms with Gasteiger partial charge in [-0.2, -0.15) is 5.10 Å². The fraction of sp³-hybridized carbons (Fsp3) is 0.435. The third-order valence-electron chi connectivity index (χ3n) is 7.19. The summed E-state index contributed by atoms with van der Waals surface area (Å²) in [5.74, 6) is -0.253. The Morgan fingerprint density at radius 3 is 2.58 bits per heavy atom. The van der Waals surface area contributed by atoms with Crippen molar-refractivity contribution in [1.29, 1.82) is 0 Å². The second-order valence-electron chi connectivity index (χ2n) is 10.6. The van der Waals surface area contributed by atoms with E-state index < -0.39 is 30.5 Å². The predicted molar refractivity (Wildman–Crippen MR) is 128 cm³/mol. The predicted octanol–water partition coefficient (Wildman–Crippen LogP) is 5.63. The maximum Gasteiger partial charge on any atom is 0.323 e. The van der Waals surface area contributed by atoms with E-state index in [1.54, 1.807) is 17.0 Å². The number of amides is 3. The molecule has 176 valence electrons. The van der Waals surface area contributed by atoms with Crippen molar-refractivity contribution in [1.82, 2.24) is 15.1 Å². The lowest BCUT2D eigenvalue weighted by Gasteiger charge is -2.35. The summed E-state index contributed by atoms with van der Waals surface area (Å²) in [7, 11) is -1.80. The highest BCUT2D eigenvalue weighted by atomic mass is 28.3. The molecule has 0 saturated carbocycles. The van der Waals surface area contributed by atoms with E-state index in [1.807, 2.05) is 27.7 Å². The molecule has 10 heteroatoms. The molecule has 1 aliphatic rings. The van der Waals surface area contributed by atoms with Gasteiger partial charge in [-0.3, -0.25) is 9.89 Å². The normalized spacial score (nSPS) is 15.6. The first kappa shape index (κ1) is 23.0. The Balaban J connectivity index is 1.59. The number of urea groups is 1. The van der Waals surface area contributed by atoms with E-state index >= 15 is 0 Å². The van der Waals surface area contributed by atoms with Gasteiger partial charge >= 0.3 is 6.03 Å². The topological polar surface area (TPSA) is 103 Å². The van der Waals surface area contributed by atoms with E-state index in [0.717, 1.165) is 11.3 Å². The number of rotatable bonds is 4. The van der Waals surface area contributed by atoms with E-state index in [9.17, 15) is 14.0 Å². The average Bonchev–Trinajstić information content (AvgIpc) is 3.39. The minimum absolute atomic E-state index is 0.00241. The van der Waals surface area contributed by atoms with Crippen molar-refractivity contribution in [2.24, 2.45) is 0 Å². The van der Waals surface area contributed by atoms with Gasteiger partial charge in [-0.05, 0) is 32.0 Å². The second kappa shape index (κ2) is 7.44. The number of H-pyrrole nitrogens is 1. The lowest BCUT2D eigenvalue weighted by Crippen LogP contribution is -2.44. The van der Waals surface area contributed by atoms with Crippen LogP contribution in [-0.4, -0.2) is 35.1 Å². The van der Waals surface area contributed by atoms with Crippen molar-refractivity contribution in [2.75, 3.05) is 10.6 Å².